The summed E-state index contributed by atoms with van der Waals surface area (Å²) < 4.78 is 26.9. The van der Waals surface area contributed by atoms with Crippen LogP contribution in [0.5, 0.6) is 0 Å². The molecule has 0 spiro atoms. The molecule has 1 aliphatic rings. The van der Waals surface area contributed by atoms with E-state index in [1.165, 1.54) is 6.92 Å². The number of hydrogen-bond acceptors (Lipinski definition) is 5. The monoisotopic (exact) mass is 264 g/mol. The number of hydrogen-bond donors (Lipinski definition) is 3. The summed E-state index contributed by atoms with van der Waals surface area (Å²) in [6.45, 7) is 7.13. The molecule has 0 aromatic rings. The summed E-state index contributed by atoms with van der Waals surface area (Å²) in [6.07, 6.45) is -0.271. The standard InChI is InChI=1S/C6H14N2O.C2H6O3S.Na.H/c1-6(9)8-4-2-7-3-5-8;1-2-6(3,4)5;;/h6-7,9H,2-5H2,1H3;2H2,1H3,(H,3,4,5);;/q;;+1;-1. The van der Waals surface area contributed by atoms with Gasteiger partial charge in [-0.05, 0) is 13.8 Å². The molecule has 0 aliphatic carbocycles. The van der Waals surface area contributed by atoms with E-state index in [1.54, 1.807) is 0 Å². The number of aliphatic hydroxyl groups excluding tert-OH is 1. The van der Waals surface area contributed by atoms with Crippen LogP contribution in [0.1, 0.15) is 15.3 Å². The van der Waals surface area contributed by atoms with Gasteiger partial charge in [0.15, 0.2) is 0 Å². The molecule has 1 heterocycles. The molecule has 0 radical (unpaired) electrons. The molecule has 1 rings (SSSR count). The summed E-state index contributed by atoms with van der Waals surface area (Å²) in [6, 6.07) is 0. The maximum atomic E-state index is 9.56. The molecule has 6 nitrogen and oxygen atoms in total. The van der Waals surface area contributed by atoms with Crippen molar-refractivity contribution in [3.05, 3.63) is 0 Å². The summed E-state index contributed by atoms with van der Waals surface area (Å²) in [4.78, 5) is 2.05. The predicted octanol–water partition coefficient (Wildman–Crippen LogP) is -3.76. The topological polar surface area (TPSA) is 89.9 Å². The van der Waals surface area contributed by atoms with Gasteiger partial charge < -0.3 is 11.8 Å². The summed E-state index contributed by atoms with van der Waals surface area (Å²) in [5.74, 6) is -0.201. The molecular weight excluding hydrogens is 243 g/mol. The quantitative estimate of drug-likeness (QED) is 0.351. The second kappa shape index (κ2) is 9.78. The second-order valence-corrected chi connectivity index (χ2v) is 5.03. The predicted molar refractivity (Wildman–Crippen MR) is 59.3 cm³/mol. The Morgan fingerprint density at radius 3 is 2.00 bits per heavy atom. The third kappa shape index (κ3) is 11.3. The van der Waals surface area contributed by atoms with Gasteiger partial charge in [0.25, 0.3) is 10.1 Å². The van der Waals surface area contributed by atoms with Crippen LogP contribution in [0.25, 0.3) is 0 Å². The summed E-state index contributed by atoms with van der Waals surface area (Å²) in [7, 11) is -3.66. The van der Waals surface area contributed by atoms with Crippen LogP contribution >= 0.6 is 0 Å². The molecule has 1 saturated heterocycles. The first-order valence-electron chi connectivity index (χ1n) is 4.94. The van der Waals surface area contributed by atoms with Crippen molar-refractivity contribution in [2.75, 3.05) is 31.9 Å². The Labute approximate surface area is 121 Å². The number of nitrogens with zero attached hydrogens (tertiary/aromatic N) is 1. The first-order chi connectivity index (χ1) is 6.87. The maximum absolute atomic E-state index is 9.56. The fourth-order valence-electron chi connectivity index (χ4n) is 1.06. The van der Waals surface area contributed by atoms with Gasteiger partial charge in [0, 0.05) is 26.2 Å². The van der Waals surface area contributed by atoms with E-state index in [-0.39, 0.29) is 43.0 Å². The van der Waals surface area contributed by atoms with Crippen LogP contribution < -0.4 is 34.9 Å². The van der Waals surface area contributed by atoms with Crippen LogP contribution in [0, 0.1) is 0 Å². The van der Waals surface area contributed by atoms with Gasteiger partial charge in [0.05, 0.1) is 5.75 Å². The van der Waals surface area contributed by atoms with Crippen LogP contribution in [-0.2, 0) is 10.1 Å². The van der Waals surface area contributed by atoms with Crippen LogP contribution in [0.4, 0.5) is 0 Å². The van der Waals surface area contributed by atoms with Gasteiger partial charge in [-0.1, -0.05) is 0 Å². The molecule has 0 aromatic carbocycles. The van der Waals surface area contributed by atoms with Gasteiger partial charge in [-0.25, -0.2) is 0 Å². The van der Waals surface area contributed by atoms with Crippen LogP contribution in [0.15, 0.2) is 0 Å². The Morgan fingerprint density at radius 2 is 1.81 bits per heavy atom. The summed E-state index contributed by atoms with van der Waals surface area (Å²) in [5, 5.41) is 12.3. The van der Waals surface area contributed by atoms with Crippen molar-refractivity contribution in [2.45, 2.75) is 20.1 Å². The number of piperazine rings is 1. The first-order valence-corrected chi connectivity index (χ1v) is 6.55. The van der Waals surface area contributed by atoms with Crippen LogP contribution in [-0.4, -0.2) is 61.1 Å². The maximum Gasteiger partial charge on any atom is 1.00 e. The molecule has 8 heteroatoms. The molecular formula is C8H21N2NaO4S. The molecule has 3 N–H and O–H groups in total. The average molecular weight is 264 g/mol. The fraction of sp³-hybridized carbons (Fsp3) is 1.00. The Kier molecular flexibility index (Phi) is 11.7. The summed E-state index contributed by atoms with van der Waals surface area (Å²) >= 11 is 0. The average Bonchev–Trinajstić information content (AvgIpc) is 2.19. The number of aliphatic hydroxyl groups is 1. The van der Waals surface area contributed by atoms with Gasteiger partial charge in [-0.2, -0.15) is 8.42 Å². The molecule has 94 valence electrons. The molecule has 1 fully saturated rings. The van der Waals surface area contributed by atoms with E-state index in [0.29, 0.717) is 0 Å². The molecule has 1 aliphatic heterocycles. The molecule has 1 atom stereocenters. The molecule has 16 heavy (non-hydrogen) atoms. The largest absolute Gasteiger partial charge is 1.00 e. The van der Waals surface area contributed by atoms with E-state index in [4.69, 9.17) is 9.66 Å². The fourth-order valence-corrected chi connectivity index (χ4v) is 1.06. The molecule has 0 amide bonds. The van der Waals surface area contributed by atoms with Crippen molar-refractivity contribution in [2.24, 2.45) is 0 Å². The minimum Gasteiger partial charge on any atom is -1.00 e. The van der Waals surface area contributed by atoms with Crippen molar-refractivity contribution in [3.63, 3.8) is 0 Å². The van der Waals surface area contributed by atoms with E-state index in [1.807, 2.05) is 6.92 Å². The smallest absolute Gasteiger partial charge is 1.00 e. The zero-order valence-corrected chi connectivity index (χ0v) is 13.0. The molecule has 1 unspecified atom stereocenters. The molecule has 0 aromatic heterocycles. The van der Waals surface area contributed by atoms with Crippen LogP contribution in [0.3, 0.4) is 0 Å². The zero-order chi connectivity index (χ0) is 11.9. The van der Waals surface area contributed by atoms with Gasteiger partial charge in [-0.15, -0.1) is 0 Å². The molecule has 0 bridgehead atoms. The Balaban J connectivity index is -0.000000221. The number of nitrogens with one attached hydrogen (secondary N) is 1. The SMILES string of the molecule is CC(O)N1CCNCC1.CCS(=O)(=O)O.[H-].[Na+]. The first kappa shape index (κ1) is 19.1. The minimum atomic E-state index is -3.66. The van der Waals surface area contributed by atoms with Gasteiger partial charge >= 0.3 is 29.6 Å². The Bertz CT molecular complexity index is 258. The number of rotatable bonds is 2. The minimum absolute atomic E-state index is 0. The van der Waals surface area contributed by atoms with Gasteiger partial charge in [-0.3, -0.25) is 9.45 Å². The normalized spacial score (nSPS) is 19.0. The van der Waals surface area contributed by atoms with Crippen molar-refractivity contribution in [3.8, 4) is 0 Å². The van der Waals surface area contributed by atoms with E-state index in [9.17, 15) is 8.42 Å². The second-order valence-electron chi connectivity index (χ2n) is 3.29. The van der Waals surface area contributed by atoms with Gasteiger partial charge in [0.1, 0.15) is 6.23 Å². The van der Waals surface area contributed by atoms with E-state index >= 15 is 0 Å². The van der Waals surface area contributed by atoms with Crippen molar-refractivity contribution in [1.82, 2.24) is 10.2 Å². The Hall–Kier alpha value is 0.790. The van der Waals surface area contributed by atoms with E-state index in [0.717, 1.165) is 26.2 Å². The van der Waals surface area contributed by atoms with Gasteiger partial charge in [0.2, 0.25) is 0 Å². The third-order valence-corrected chi connectivity index (χ3v) is 2.77. The zero-order valence-electron chi connectivity index (χ0n) is 11.2. The van der Waals surface area contributed by atoms with Crippen molar-refractivity contribution in [1.29, 1.82) is 0 Å². The van der Waals surface area contributed by atoms with Crippen molar-refractivity contribution < 1.29 is 49.1 Å². The summed E-state index contributed by atoms with van der Waals surface area (Å²) in [5.41, 5.74) is 0. The van der Waals surface area contributed by atoms with Crippen molar-refractivity contribution >= 4 is 10.1 Å². The molecule has 0 saturated carbocycles. The van der Waals surface area contributed by atoms with E-state index in [2.05, 4.69) is 10.2 Å². The third-order valence-electron chi connectivity index (χ3n) is 2.04. The van der Waals surface area contributed by atoms with Crippen LogP contribution in [0.2, 0.25) is 0 Å². The Morgan fingerprint density at radius 1 is 1.44 bits per heavy atom. The van der Waals surface area contributed by atoms with E-state index < -0.39 is 10.1 Å².